The highest BCUT2D eigenvalue weighted by Crippen LogP contribution is 2.71. The van der Waals surface area contributed by atoms with Crippen LogP contribution in [0.3, 0.4) is 0 Å². The van der Waals surface area contributed by atoms with E-state index in [0.717, 1.165) is 24.3 Å². The van der Waals surface area contributed by atoms with Crippen LogP contribution >= 0.6 is 0 Å². The van der Waals surface area contributed by atoms with Crippen LogP contribution in [0.1, 0.15) is 40.2 Å². The summed E-state index contributed by atoms with van der Waals surface area (Å²) in [4.78, 5) is 2.75. The molecule has 3 atom stereocenters. The standard InChI is InChI=1S/C40H31N3/c41-34-17-9-10-18-35(34)42-36-24-43-37-22-33-29(21-30(37)38-25-19-20-32(36)39(38,43)23-25)28-15-7-8-16-31(28)40(33,26-11-3-1-4-12-26)27-13-5-2-6-14-27/h1-22,36,38,42H,23-24,41H2. The number of hydrogen-bond donors (Lipinski definition) is 2. The minimum absolute atomic E-state index is 0.0321. The fourth-order valence-electron chi connectivity index (χ4n) is 9.39. The van der Waals surface area contributed by atoms with Gasteiger partial charge < -0.3 is 16.0 Å². The molecule has 0 radical (unpaired) electrons. The minimum Gasteiger partial charge on any atom is -0.397 e. The number of anilines is 3. The van der Waals surface area contributed by atoms with Gasteiger partial charge in [-0.25, -0.2) is 0 Å². The third-order valence-corrected chi connectivity index (χ3v) is 11.0. The van der Waals surface area contributed by atoms with E-state index in [-0.39, 0.29) is 17.0 Å². The number of nitrogen functional groups attached to an aromatic ring is 1. The van der Waals surface area contributed by atoms with E-state index in [2.05, 4.69) is 132 Å². The lowest BCUT2D eigenvalue weighted by Gasteiger charge is -2.52. The van der Waals surface area contributed by atoms with Crippen molar-refractivity contribution in [1.82, 2.24) is 0 Å². The molecule has 2 bridgehead atoms. The van der Waals surface area contributed by atoms with Crippen molar-refractivity contribution in [3.63, 3.8) is 0 Å². The average molecular weight is 554 g/mol. The van der Waals surface area contributed by atoms with E-state index in [1.807, 2.05) is 12.1 Å². The number of nitrogens with zero attached hydrogens (tertiary/aromatic N) is 1. The van der Waals surface area contributed by atoms with Crippen molar-refractivity contribution < 1.29 is 0 Å². The topological polar surface area (TPSA) is 41.3 Å². The van der Waals surface area contributed by atoms with Crippen molar-refractivity contribution in [1.29, 1.82) is 0 Å². The van der Waals surface area contributed by atoms with Gasteiger partial charge in [0.2, 0.25) is 0 Å². The van der Waals surface area contributed by atoms with Crippen LogP contribution in [0.2, 0.25) is 0 Å². The summed E-state index contributed by atoms with van der Waals surface area (Å²) < 4.78 is 0. The lowest BCUT2D eigenvalue weighted by atomic mass is 9.56. The lowest BCUT2D eigenvalue weighted by Crippen LogP contribution is -2.54. The Labute approximate surface area is 252 Å². The smallest absolute Gasteiger partial charge is 0.0782 e. The van der Waals surface area contributed by atoms with Gasteiger partial charge in [-0.3, -0.25) is 0 Å². The maximum Gasteiger partial charge on any atom is 0.0782 e. The van der Waals surface area contributed by atoms with E-state index in [9.17, 15) is 0 Å². The number of nitrogens with one attached hydrogen (secondary N) is 1. The number of nitrogens with two attached hydrogens (primary N) is 1. The highest BCUT2D eigenvalue weighted by atomic mass is 15.3. The van der Waals surface area contributed by atoms with Crippen LogP contribution < -0.4 is 16.0 Å². The average Bonchev–Trinajstić information content (AvgIpc) is 3.62. The van der Waals surface area contributed by atoms with Crippen LogP contribution in [-0.2, 0) is 5.41 Å². The fourth-order valence-corrected chi connectivity index (χ4v) is 9.39. The molecule has 3 N–H and O–H groups in total. The zero-order valence-corrected chi connectivity index (χ0v) is 23.8. The maximum atomic E-state index is 6.40. The first-order valence-electron chi connectivity index (χ1n) is 15.4. The molecular formula is C40H31N3. The third-order valence-electron chi connectivity index (χ3n) is 11.0. The summed E-state index contributed by atoms with van der Waals surface area (Å²) in [6, 6.07) is 44.9. The molecule has 10 rings (SSSR count). The molecule has 5 aromatic carbocycles. The Morgan fingerprint density at radius 3 is 2.16 bits per heavy atom. The van der Waals surface area contributed by atoms with Gasteiger partial charge in [-0.2, -0.15) is 0 Å². The Morgan fingerprint density at radius 2 is 1.40 bits per heavy atom. The third kappa shape index (κ3) is 2.72. The molecule has 5 aliphatic rings. The SMILES string of the molecule is Nc1ccccc1NC1CN2c3cc4c(cc3C3C5=CC=C1C32C5)-c1ccccc1C4(c1ccccc1)c1ccccc1. The van der Waals surface area contributed by atoms with Crippen LogP contribution in [0.4, 0.5) is 17.1 Å². The number of rotatable bonds is 4. The molecular weight excluding hydrogens is 522 g/mol. The van der Waals surface area contributed by atoms with E-state index < -0.39 is 0 Å². The van der Waals surface area contributed by atoms with Crippen molar-refractivity contribution in [2.24, 2.45) is 0 Å². The van der Waals surface area contributed by atoms with Crippen LogP contribution in [0.25, 0.3) is 11.1 Å². The summed E-state index contributed by atoms with van der Waals surface area (Å²) in [5, 5.41) is 3.84. The molecule has 2 fully saturated rings. The predicted molar refractivity (Wildman–Crippen MR) is 176 cm³/mol. The minimum atomic E-state index is -0.383. The molecule has 1 saturated heterocycles. The summed E-state index contributed by atoms with van der Waals surface area (Å²) in [6.45, 7) is 0.931. The predicted octanol–water partition coefficient (Wildman–Crippen LogP) is 8.04. The second kappa shape index (κ2) is 8.08. The second-order valence-corrected chi connectivity index (χ2v) is 12.8. The van der Waals surface area contributed by atoms with Gasteiger partial charge in [0, 0.05) is 18.2 Å². The van der Waals surface area contributed by atoms with Crippen molar-refractivity contribution >= 4 is 17.1 Å². The van der Waals surface area contributed by atoms with E-state index in [4.69, 9.17) is 5.73 Å². The Bertz CT molecular complexity index is 2000. The van der Waals surface area contributed by atoms with Crippen molar-refractivity contribution in [2.45, 2.75) is 29.3 Å². The number of benzene rings is 5. The number of para-hydroxylation sites is 2. The first-order valence-corrected chi connectivity index (χ1v) is 15.4. The molecule has 2 aliphatic heterocycles. The summed E-state index contributed by atoms with van der Waals surface area (Å²) in [5.74, 6) is 0.420. The molecule has 2 heterocycles. The second-order valence-electron chi connectivity index (χ2n) is 12.8. The Kier molecular flexibility index (Phi) is 4.42. The van der Waals surface area contributed by atoms with E-state index in [1.165, 1.54) is 50.2 Å². The number of hydrogen-bond acceptors (Lipinski definition) is 3. The molecule has 1 spiro atoms. The van der Waals surface area contributed by atoms with Crippen LogP contribution in [0, 0.1) is 0 Å². The fraction of sp³-hybridized carbons (Fsp3) is 0.150. The summed E-state index contributed by atoms with van der Waals surface area (Å²) >= 11 is 0. The van der Waals surface area contributed by atoms with Gasteiger partial charge in [0.05, 0.1) is 28.4 Å². The maximum absolute atomic E-state index is 6.40. The van der Waals surface area contributed by atoms with Gasteiger partial charge in [-0.05, 0) is 75.2 Å². The van der Waals surface area contributed by atoms with Crippen molar-refractivity contribution in [2.75, 3.05) is 22.5 Å². The summed E-state index contributed by atoms with van der Waals surface area (Å²) in [7, 11) is 0. The molecule has 5 aromatic rings. The van der Waals surface area contributed by atoms with Crippen LogP contribution in [0.15, 0.2) is 145 Å². The molecule has 43 heavy (non-hydrogen) atoms. The van der Waals surface area contributed by atoms with Gasteiger partial charge >= 0.3 is 0 Å². The van der Waals surface area contributed by atoms with Gasteiger partial charge in [-0.15, -0.1) is 0 Å². The largest absolute Gasteiger partial charge is 0.397 e. The van der Waals surface area contributed by atoms with Crippen LogP contribution in [-0.4, -0.2) is 18.1 Å². The molecule has 3 aliphatic carbocycles. The molecule has 3 nitrogen and oxygen atoms in total. The van der Waals surface area contributed by atoms with E-state index in [1.54, 1.807) is 5.57 Å². The highest BCUT2D eigenvalue weighted by molar-refractivity contribution is 5.92. The molecule has 1 saturated carbocycles. The summed E-state index contributed by atoms with van der Waals surface area (Å²) in [5.41, 5.74) is 21.9. The van der Waals surface area contributed by atoms with Crippen molar-refractivity contribution in [3.8, 4) is 11.1 Å². The number of allylic oxidation sites excluding steroid dienone is 2. The normalized spacial score (nSPS) is 24.2. The van der Waals surface area contributed by atoms with Gasteiger partial charge in [-0.1, -0.05) is 115 Å². The zero-order chi connectivity index (χ0) is 28.3. The summed E-state index contributed by atoms with van der Waals surface area (Å²) in [6.07, 6.45) is 5.92. The molecule has 206 valence electrons. The van der Waals surface area contributed by atoms with Gasteiger partial charge in [0.15, 0.2) is 0 Å². The van der Waals surface area contributed by atoms with Gasteiger partial charge in [0.1, 0.15) is 0 Å². The number of fused-ring (bicyclic) bond motifs is 5. The molecule has 0 amide bonds. The lowest BCUT2D eigenvalue weighted by molar-refractivity contribution is 0.356. The molecule has 0 aromatic heterocycles. The van der Waals surface area contributed by atoms with E-state index in [0.29, 0.717) is 5.92 Å². The van der Waals surface area contributed by atoms with Gasteiger partial charge in [0.25, 0.3) is 0 Å². The molecule has 3 heteroatoms. The quantitative estimate of drug-likeness (QED) is 0.217. The first kappa shape index (κ1) is 23.5. The zero-order valence-electron chi connectivity index (χ0n) is 23.8. The van der Waals surface area contributed by atoms with Crippen LogP contribution in [0.5, 0.6) is 0 Å². The molecule has 3 unspecified atom stereocenters. The van der Waals surface area contributed by atoms with E-state index >= 15 is 0 Å². The Balaban J connectivity index is 1.21. The Morgan fingerprint density at radius 1 is 0.698 bits per heavy atom. The monoisotopic (exact) mass is 553 g/mol. The Hall–Kier alpha value is -5.02. The van der Waals surface area contributed by atoms with Crippen molar-refractivity contribution in [3.05, 3.63) is 172 Å². The highest BCUT2D eigenvalue weighted by Gasteiger charge is 2.68. The first-order chi connectivity index (χ1) is 21.2.